The van der Waals surface area contributed by atoms with Gasteiger partial charge in [-0.3, -0.25) is 4.31 Å². The first-order valence-electron chi connectivity index (χ1n) is 8.83. The fraction of sp³-hybridized carbons (Fsp3) is 0.300. The van der Waals surface area contributed by atoms with E-state index in [4.69, 9.17) is 22.3 Å². The predicted molar refractivity (Wildman–Crippen MR) is 122 cm³/mol. The molecule has 0 bridgehead atoms. The first-order chi connectivity index (χ1) is 14.2. The molecule has 0 amide bonds. The lowest BCUT2D eigenvalue weighted by Crippen LogP contribution is -2.28. The number of halogens is 4. The van der Waals surface area contributed by atoms with Gasteiger partial charge in [0.15, 0.2) is 11.0 Å². The van der Waals surface area contributed by atoms with Gasteiger partial charge in [0.2, 0.25) is 9.05 Å². The van der Waals surface area contributed by atoms with Crippen LogP contribution in [0, 0.1) is 24.5 Å². The van der Waals surface area contributed by atoms with Crippen LogP contribution in [0.4, 0.5) is 14.5 Å². The van der Waals surface area contributed by atoms with Crippen molar-refractivity contribution in [1.29, 1.82) is 0 Å². The molecule has 0 aromatic heterocycles. The lowest BCUT2D eigenvalue weighted by atomic mass is 10.2. The minimum Gasteiger partial charge on any atom is -0.285 e. The summed E-state index contributed by atoms with van der Waals surface area (Å²) >= 11 is 5.81. The second-order valence-corrected chi connectivity index (χ2v) is 10.1. The maximum absolute atomic E-state index is 14.2. The fourth-order valence-electron chi connectivity index (χ4n) is 2.18. The van der Waals surface area contributed by atoms with E-state index in [0.29, 0.717) is 9.92 Å². The maximum Gasteiger partial charge on any atom is 0.232 e. The van der Waals surface area contributed by atoms with Crippen LogP contribution in [0.1, 0.15) is 26.7 Å². The molecule has 30 heavy (non-hydrogen) atoms. The molecule has 0 aliphatic heterocycles. The number of benzene rings is 2. The van der Waals surface area contributed by atoms with Crippen molar-refractivity contribution in [2.24, 2.45) is 0 Å². The molecule has 1 atom stereocenters. The third-order valence-corrected chi connectivity index (χ3v) is 6.34. The molecule has 0 fully saturated rings. The number of nitrogens with zero attached hydrogens (tertiary/aromatic N) is 1. The van der Waals surface area contributed by atoms with Crippen molar-refractivity contribution in [2.75, 3.05) is 16.6 Å². The number of hydrogen-bond acceptors (Lipinski definition) is 3. The van der Waals surface area contributed by atoms with Crippen LogP contribution in [0.5, 0.6) is 0 Å². The van der Waals surface area contributed by atoms with Gasteiger partial charge in [-0.05, 0) is 49.2 Å². The first kappa shape index (κ1) is 28.3. The Balaban J connectivity index is 0.00000198. The Labute approximate surface area is 189 Å². The number of hydrogen-bond donors (Lipinski definition) is 0. The minimum atomic E-state index is -3.65. The molecule has 0 spiro atoms. The molecule has 0 aliphatic carbocycles. The first-order valence-corrected chi connectivity index (χ1v) is 12.8. The average molecular weight is 498 g/mol. The topological polar surface area (TPSA) is 54.5 Å². The minimum absolute atomic E-state index is 0.0437. The van der Waals surface area contributed by atoms with E-state index in [-0.39, 0.29) is 30.8 Å². The monoisotopic (exact) mass is 497 g/mol. The molecule has 4 nitrogen and oxygen atoms in total. The number of terminal acetylenes is 1. The highest BCUT2D eigenvalue weighted by molar-refractivity contribution is 8.13. The molecular weight excluding hydrogens is 475 g/mol. The summed E-state index contributed by atoms with van der Waals surface area (Å²) in [5.74, 6) is -1.68. The molecule has 0 radical (unpaired) electrons. The zero-order valence-corrected chi connectivity index (χ0v) is 19.7. The van der Waals surface area contributed by atoms with Crippen LogP contribution >= 0.6 is 22.3 Å². The average Bonchev–Trinajstić information content (AvgIpc) is 2.72. The molecule has 1 unspecified atom stereocenters. The Kier molecular flexibility index (Phi) is 13.6. The quantitative estimate of drug-likeness (QED) is 0.264. The van der Waals surface area contributed by atoms with Gasteiger partial charge in [-0.25, -0.2) is 21.4 Å². The van der Waals surface area contributed by atoms with Gasteiger partial charge in [0.1, 0.15) is 11.6 Å². The van der Waals surface area contributed by atoms with Crippen molar-refractivity contribution in [2.45, 2.75) is 31.6 Å². The Hall–Kier alpha value is -1.66. The Morgan fingerprint density at radius 2 is 1.60 bits per heavy atom. The van der Waals surface area contributed by atoms with Crippen LogP contribution in [0.2, 0.25) is 5.02 Å². The molecule has 2 aromatic carbocycles. The molecule has 0 N–H and O–H groups in total. The van der Waals surface area contributed by atoms with Gasteiger partial charge in [-0.1, -0.05) is 25.4 Å². The fourth-order valence-corrected chi connectivity index (χ4v) is 4.42. The second kappa shape index (κ2) is 14.4. The van der Waals surface area contributed by atoms with Gasteiger partial charge >= 0.3 is 0 Å². The Bertz CT molecular complexity index is 937. The van der Waals surface area contributed by atoms with Crippen molar-refractivity contribution < 1.29 is 21.4 Å². The molecular formula is C20H23Cl2F2NO3S2. The van der Waals surface area contributed by atoms with Crippen LogP contribution in [0.15, 0.2) is 47.4 Å². The molecule has 0 aliphatic rings. The largest absolute Gasteiger partial charge is 0.285 e. The van der Waals surface area contributed by atoms with Crippen molar-refractivity contribution in [3.8, 4) is 12.8 Å². The summed E-state index contributed by atoms with van der Waals surface area (Å²) in [7, 11) is -0.326. The third-order valence-electron chi connectivity index (χ3n) is 3.39. The smallest absolute Gasteiger partial charge is 0.232 e. The van der Waals surface area contributed by atoms with E-state index in [2.05, 4.69) is 12.8 Å². The van der Waals surface area contributed by atoms with Gasteiger partial charge < -0.3 is 0 Å². The highest BCUT2D eigenvalue weighted by Gasteiger charge is 2.20. The number of anilines is 1. The van der Waals surface area contributed by atoms with Crippen molar-refractivity contribution in [1.82, 2.24) is 0 Å². The van der Waals surface area contributed by atoms with Crippen molar-refractivity contribution in [3.63, 3.8) is 0 Å². The highest BCUT2D eigenvalue weighted by Crippen LogP contribution is 2.26. The van der Waals surface area contributed by atoms with Crippen LogP contribution in [0.3, 0.4) is 0 Å². The third kappa shape index (κ3) is 9.90. The number of unbranched alkanes of at least 4 members (excludes halogenated alkanes) is 1. The van der Waals surface area contributed by atoms with Gasteiger partial charge in [0, 0.05) is 28.3 Å². The van der Waals surface area contributed by atoms with E-state index >= 15 is 0 Å². The van der Waals surface area contributed by atoms with E-state index in [9.17, 15) is 21.4 Å². The van der Waals surface area contributed by atoms with Gasteiger partial charge in [0.25, 0.3) is 0 Å². The summed E-state index contributed by atoms with van der Waals surface area (Å²) < 4.78 is 63.8. The predicted octanol–water partition coefficient (Wildman–Crippen LogP) is 5.77. The van der Waals surface area contributed by atoms with E-state index in [1.807, 2.05) is 13.8 Å². The summed E-state index contributed by atoms with van der Waals surface area (Å²) in [5.41, 5.74) is -0.174. The lowest BCUT2D eigenvalue weighted by molar-refractivity contribution is 0.596. The van der Waals surface area contributed by atoms with Crippen molar-refractivity contribution in [3.05, 3.63) is 59.1 Å². The maximum atomic E-state index is 14.2. The molecule has 0 heterocycles. The van der Waals surface area contributed by atoms with Gasteiger partial charge in [0.05, 0.1) is 16.3 Å². The van der Waals surface area contributed by atoms with Crippen LogP contribution < -0.4 is 4.31 Å². The van der Waals surface area contributed by atoms with E-state index in [1.54, 1.807) is 0 Å². The van der Waals surface area contributed by atoms with Gasteiger partial charge in [-0.2, -0.15) is 0 Å². The molecule has 0 saturated carbocycles. The van der Waals surface area contributed by atoms with Crippen LogP contribution in [-0.4, -0.2) is 24.9 Å². The zero-order chi connectivity index (χ0) is 23.3. The summed E-state index contributed by atoms with van der Waals surface area (Å²) in [5, 5.41) is 0.446. The van der Waals surface area contributed by atoms with Crippen LogP contribution in [-0.2, 0) is 20.0 Å². The van der Waals surface area contributed by atoms with Gasteiger partial charge in [-0.15, -0.1) is 12.8 Å². The molecule has 2 aromatic rings. The zero-order valence-electron chi connectivity index (χ0n) is 16.5. The van der Waals surface area contributed by atoms with E-state index in [1.165, 1.54) is 28.6 Å². The normalized spacial score (nSPS) is 11.3. The SMILES string of the molecule is C#C.CC.O=S(c1ccc(Cl)cc1)N(CCCCS(=O)(=O)Cl)c1cc(F)ccc1F. The molecule has 2 rings (SSSR count). The Morgan fingerprint density at radius 3 is 2.13 bits per heavy atom. The van der Waals surface area contributed by atoms with Crippen LogP contribution in [0.25, 0.3) is 0 Å². The van der Waals surface area contributed by atoms with E-state index in [0.717, 1.165) is 18.2 Å². The summed E-state index contributed by atoms with van der Waals surface area (Å²) in [6.07, 6.45) is 8.46. The lowest BCUT2D eigenvalue weighted by Gasteiger charge is -2.24. The highest BCUT2D eigenvalue weighted by atomic mass is 35.7. The summed E-state index contributed by atoms with van der Waals surface area (Å²) in [6, 6.07) is 8.96. The standard InChI is InChI=1S/C16H15Cl2F2NO3S2.C2H6.C2H2/c17-12-3-6-14(7-4-12)25(22)21(9-1-2-10-26(18,23)24)16-11-13(19)5-8-15(16)20;2*1-2/h3-8,11H,1-2,9-10H2;1-2H3;1-2H. The summed E-state index contributed by atoms with van der Waals surface area (Å²) in [6.45, 7) is 4.04. The summed E-state index contributed by atoms with van der Waals surface area (Å²) in [4.78, 5) is 0.350. The molecule has 0 saturated heterocycles. The van der Waals surface area contributed by atoms with E-state index < -0.39 is 31.7 Å². The Morgan fingerprint density at radius 1 is 1.03 bits per heavy atom. The number of rotatable bonds is 8. The molecule has 166 valence electrons. The molecule has 10 heteroatoms. The second-order valence-electron chi connectivity index (χ2n) is 5.35. The van der Waals surface area contributed by atoms with Crippen molar-refractivity contribution >= 4 is 48.0 Å².